The van der Waals surface area contributed by atoms with Crippen LogP contribution in [0.15, 0.2) is 12.2 Å². The summed E-state index contributed by atoms with van der Waals surface area (Å²) in [6.45, 7) is 7.42. The summed E-state index contributed by atoms with van der Waals surface area (Å²) in [7, 11) is 0. The maximum absolute atomic E-state index is 5.46. The largest absolute Gasteiger partial charge is 0.330 e. The predicted octanol–water partition coefficient (Wildman–Crippen LogP) is 2.57. The van der Waals surface area contributed by atoms with Gasteiger partial charge in [0.25, 0.3) is 0 Å². The fourth-order valence-corrected chi connectivity index (χ4v) is 1.44. The van der Waals surface area contributed by atoms with Crippen molar-refractivity contribution < 1.29 is 0 Å². The zero-order valence-corrected chi connectivity index (χ0v) is 8.01. The Morgan fingerprint density at radius 3 is 2.45 bits per heavy atom. The topological polar surface area (TPSA) is 26.0 Å². The average molecular weight is 155 g/mol. The van der Waals surface area contributed by atoms with Gasteiger partial charge in [-0.3, -0.25) is 0 Å². The van der Waals surface area contributed by atoms with Crippen molar-refractivity contribution in [1.29, 1.82) is 0 Å². The summed E-state index contributed by atoms with van der Waals surface area (Å²) in [6, 6.07) is 0. The van der Waals surface area contributed by atoms with Gasteiger partial charge in [-0.1, -0.05) is 26.0 Å². The van der Waals surface area contributed by atoms with Gasteiger partial charge in [-0.05, 0) is 38.1 Å². The van der Waals surface area contributed by atoms with Crippen molar-refractivity contribution in [1.82, 2.24) is 0 Å². The summed E-state index contributed by atoms with van der Waals surface area (Å²) in [5, 5.41) is 0. The lowest BCUT2D eigenvalue weighted by molar-refractivity contribution is 0.444. The third kappa shape index (κ3) is 6.11. The molecule has 0 aromatic carbocycles. The minimum absolute atomic E-state index is 0.710. The van der Waals surface area contributed by atoms with Crippen LogP contribution in [0.25, 0.3) is 0 Å². The Kier molecular flexibility index (Phi) is 6.24. The second-order valence-electron chi connectivity index (χ2n) is 3.42. The minimum Gasteiger partial charge on any atom is -0.330 e. The van der Waals surface area contributed by atoms with Gasteiger partial charge in [0.1, 0.15) is 0 Å². The highest BCUT2D eigenvalue weighted by atomic mass is 14.5. The summed E-state index contributed by atoms with van der Waals surface area (Å²) in [4.78, 5) is 0. The molecule has 0 aliphatic rings. The molecule has 2 N–H and O–H groups in total. The molecule has 2 atom stereocenters. The van der Waals surface area contributed by atoms with Crippen molar-refractivity contribution in [3.63, 3.8) is 0 Å². The molecule has 0 saturated carbocycles. The lowest BCUT2D eigenvalue weighted by Crippen LogP contribution is -2.08. The van der Waals surface area contributed by atoms with Crippen LogP contribution in [0, 0.1) is 11.8 Å². The summed E-state index contributed by atoms with van der Waals surface area (Å²) in [5.74, 6) is 1.48. The first-order valence-electron chi connectivity index (χ1n) is 4.53. The van der Waals surface area contributed by atoms with Crippen molar-refractivity contribution in [2.24, 2.45) is 17.6 Å². The van der Waals surface area contributed by atoms with E-state index in [1.165, 1.54) is 6.42 Å². The molecule has 0 radical (unpaired) electrons. The molecule has 11 heavy (non-hydrogen) atoms. The monoisotopic (exact) mass is 155 g/mol. The Balaban J connectivity index is 3.48. The molecule has 0 saturated heterocycles. The molecule has 0 aromatic heterocycles. The molecule has 0 aliphatic heterocycles. The Labute approximate surface area is 70.7 Å². The molecule has 0 amide bonds. The molecule has 0 bridgehead atoms. The molecule has 0 fully saturated rings. The first kappa shape index (κ1) is 10.7. The molecular weight excluding hydrogens is 134 g/mol. The number of nitrogens with two attached hydrogens (primary N) is 1. The third-order valence-electron chi connectivity index (χ3n) is 1.95. The number of allylic oxidation sites excluding steroid dienone is 2. The number of hydrogen-bond acceptors (Lipinski definition) is 1. The molecule has 0 aromatic rings. The first-order chi connectivity index (χ1) is 5.20. The second-order valence-corrected chi connectivity index (χ2v) is 3.42. The standard InChI is InChI=1S/C10H21N/c1-4-5-9(2)8-10(3)6-7-11/h4-5,9-10H,6-8,11H2,1-3H3/b5-4+. The first-order valence-corrected chi connectivity index (χ1v) is 4.53. The van der Waals surface area contributed by atoms with Crippen molar-refractivity contribution in [2.45, 2.75) is 33.6 Å². The Morgan fingerprint density at radius 2 is 2.00 bits per heavy atom. The van der Waals surface area contributed by atoms with Crippen LogP contribution in [0.3, 0.4) is 0 Å². The highest BCUT2D eigenvalue weighted by molar-refractivity contribution is 4.83. The molecule has 0 heterocycles. The van der Waals surface area contributed by atoms with E-state index in [9.17, 15) is 0 Å². The van der Waals surface area contributed by atoms with E-state index in [2.05, 4.69) is 32.9 Å². The fourth-order valence-electron chi connectivity index (χ4n) is 1.44. The van der Waals surface area contributed by atoms with Gasteiger partial charge in [0.2, 0.25) is 0 Å². The smallest absolute Gasteiger partial charge is 0.00747 e. The van der Waals surface area contributed by atoms with Crippen LogP contribution in [0.2, 0.25) is 0 Å². The lowest BCUT2D eigenvalue weighted by Gasteiger charge is -2.12. The fraction of sp³-hybridized carbons (Fsp3) is 0.800. The predicted molar refractivity (Wildman–Crippen MR) is 51.4 cm³/mol. The van der Waals surface area contributed by atoms with Crippen molar-refractivity contribution in [3.05, 3.63) is 12.2 Å². The molecule has 1 nitrogen and oxygen atoms in total. The maximum atomic E-state index is 5.46. The van der Waals surface area contributed by atoms with E-state index in [-0.39, 0.29) is 0 Å². The second kappa shape index (κ2) is 6.41. The van der Waals surface area contributed by atoms with Gasteiger partial charge in [0.05, 0.1) is 0 Å². The molecule has 0 rings (SSSR count). The zero-order chi connectivity index (χ0) is 8.69. The van der Waals surface area contributed by atoms with E-state index in [1.54, 1.807) is 0 Å². The highest BCUT2D eigenvalue weighted by Crippen LogP contribution is 2.15. The SMILES string of the molecule is C/C=C/C(C)CC(C)CCN. The van der Waals surface area contributed by atoms with E-state index in [0.717, 1.165) is 18.9 Å². The molecule has 0 spiro atoms. The van der Waals surface area contributed by atoms with E-state index in [4.69, 9.17) is 5.73 Å². The van der Waals surface area contributed by atoms with Gasteiger partial charge in [-0.25, -0.2) is 0 Å². The van der Waals surface area contributed by atoms with Gasteiger partial charge in [0, 0.05) is 0 Å². The van der Waals surface area contributed by atoms with Crippen molar-refractivity contribution in [2.75, 3.05) is 6.54 Å². The van der Waals surface area contributed by atoms with Crippen molar-refractivity contribution >= 4 is 0 Å². The van der Waals surface area contributed by atoms with Crippen LogP contribution in [-0.4, -0.2) is 6.54 Å². The Hall–Kier alpha value is -0.300. The summed E-state index contributed by atoms with van der Waals surface area (Å²) in [6.07, 6.45) is 6.80. The van der Waals surface area contributed by atoms with Gasteiger partial charge in [-0.15, -0.1) is 0 Å². The quantitative estimate of drug-likeness (QED) is 0.607. The van der Waals surface area contributed by atoms with Gasteiger partial charge >= 0.3 is 0 Å². The van der Waals surface area contributed by atoms with E-state index in [0.29, 0.717) is 5.92 Å². The summed E-state index contributed by atoms with van der Waals surface area (Å²) in [5.41, 5.74) is 5.46. The molecule has 1 heteroatoms. The Bertz CT molecular complexity index is 107. The number of rotatable bonds is 5. The van der Waals surface area contributed by atoms with Crippen molar-refractivity contribution in [3.8, 4) is 0 Å². The molecule has 66 valence electrons. The van der Waals surface area contributed by atoms with Crippen LogP contribution < -0.4 is 5.73 Å². The van der Waals surface area contributed by atoms with E-state index < -0.39 is 0 Å². The normalized spacial score (nSPS) is 17.1. The van der Waals surface area contributed by atoms with Gasteiger partial charge in [0.15, 0.2) is 0 Å². The van der Waals surface area contributed by atoms with Crippen LogP contribution in [0.4, 0.5) is 0 Å². The lowest BCUT2D eigenvalue weighted by atomic mass is 9.94. The Morgan fingerprint density at radius 1 is 1.36 bits per heavy atom. The van der Waals surface area contributed by atoms with Crippen LogP contribution in [0.5, 0.6) is 0 Å². The van der Waals surface area contributed by atoms with Crippen LogP contribution in [0.1, 0.15) is 33.6 Å². The molecule has 0 aliphatic carbocycles. The van der Waals surface area contributed by atoms with E-state index in [1.807, 2.05) is 0 Å². The molecular formula is C10H21N. The molecule has 2 unspecified atom stereocenters. The van der Waals surface area contributed by atoms with Gasteiger partial charge in [-0.2, -0.15) is 0 Å². The van der Waals surface area contributed by atoms with Gasteiger partial charge < -0.3 is 5.73 Å². The van der Waals surface area contributed by atoms with E-state index >= 15 is 0 Å². The van der Waals surface area contributed by atoms with Crippen LogP contribution >= 0.6 is 0 Å². The number of hydrogen-bond donors (Lipinski definition) is 1. The van der Waals surface area contributed by atoms with Crippen LogP contribution in [-0.2, 0) is 0 Å². The summed E-state index contributed by atoms with van der Waals surface area (Å²) < 4.78 is 0. The third-order valence-corrected chi connectivity index (χ3v) is 1.95. The highest BCUT2D eigenvalue weighted by Gasteiger charge is 2.04. The maximum Gasteiger partial charge on any atom is -0.00747 e. The average Bonchev–Trinajstić information content (AvgIpc) is 1.87. The summed E-state index contributed by atoms with van der Waals surface area (Å²) >= 11 is 0. The zero-order valence-electron chi connectivity index (χ0n) is 8.01. The minimum atomic E-state index is 0.710.